The molecule has 2 aromatic heterocycles. The maximum Gasteiger partial charge on any atom is 0.167 e. The Hall–Kier alpha value is -5.12. The molecule has 10 nitrogen and oxygen atoms in total. The number of rotatable bonds is 19. The molecule has 0 saturated heterocycles. The summed E-state index contributed by atoms with van der Waals surface area (Å²) in [5.41, 5.74) is 8.73. The molecular weight excluding hydrogens is 689 g/mol. The molecule has 0 fully saturated rings. The predicted molar refractivity (Wildman–Crippen MR) is 222 cm³/mol. The SMILES string of the molecule is CCCCCCOc1c(O)ccc(CC)c1CC.CCCCCCOc1cnnnc1-c1cccc(CC)c1CC.COc1cnnnc1-c1ccccc1. The largest absolute Gasteiger partial charge is 0.504 e. The highest BCUT2D eigenvalue weighted by Crippen LogP contribution is 2.34. The molecule has 0 bridgehead atoms. The van der Waals surface area contributed by atoms with E-state index in [0.29, 0.717) is 30.4 Å². The van der Waals surface area contributed by atoms with E-state index in [1.165, 1.54) is 55.2 Å². The summed E-state index contributed by atoms with van der Waals surface area (Å²) >= 11 is 0. The first-order chi connectivity index (χ1) is 27.0. The van der Waals surface area contributed by atoms with E-state index in [2.05, 4.69) is 90.6 Å². The van der Waals surface area contributed by atoms with Crippen molar-refractivity contribution < 1.29 is 19.3 Å². The maximum absolute atomic E-state index is 9.92. The van der Waals surface area contributed by atoms with Gasteiger partial charge in [-0.15, -0.1) is 20.4 Å². The maximum atomic E-state index is 9.92. The summed E-state index contributed by atoms with van der Waals surface area (Å²) in [5.74, 6) is 2.35. The van der Waals surface area contributed by atoms with Gasteiger partial charge in [-0.25, -0.2) is 0 Å². The summed E-state index contributed by atoms with van der Waals surface area (Å²) in [6.45, 7) is 14.4. The molecular formula is C45H62N6O4. The van der Waals surface area contributed by atoms with Crippen LogP contribution in [0.25, 0.3) is 22.5 Å². The minimum Gasteiger partial charge on any atom is -0.504 e. The Balaban J connectivity index is 0.000000228. The van der Waals surface area contributed by atoms with Crippen LogP contribution < -0.4 is 14.2 Å². The van der Waals surface area contributed by atoms with Crippen molar-refractivity contribution in [2.45, 2.75) is 119 Å². The number of ether oxygens (including phenoxy) is 3. The van der Waals surface area contributed by atoms with Crippen molar-refractivity contribution in [3.8, 4) is 45.5 Å². The molecule has 0 atom stereocenters. The van der Waals surface area contributed by atoms with Crippen LogP contribution in [0, 0.1) is 0 Å². The van der Waals surface area contributed by atoms with Crippen LogP contribution in [0.4, 0.5) is 0 Å². The normalized spacial score (nSPS) is 10.5. The fourth-order valence-electron chi connectivity index (χ4n) is 6.31. The first-order valence-electron chi connectivity index (χ1n) is 20.1. The number of aromatic nitrogens is 6. The van der Waals surface area contributed by atoms with Gasteiger partial charge in [-0.1, -0.05) is 135 Å². The van der Waals surface area contributed by atoms with Crippen molar-refractivity contribution >= 4 is 0 Å². The van der Waals surface area contributed by atoms with Gasteiger partial charge >= 0.3 is 0 Å². The van der Waals surface area contributed by atoms with Crippen LogP contribution in [0.5, 0.6) is 23.0 Å². The third-order valence-electron chi connectivity index (χ3n) is 9.31. The Bertz CT molecular complexity index is 1800. The number of aromatic hydroxyl groups is 1. The van der Waals surface area contributed by atoms with Crippen LogP contribution in [0.1, 0.15) is 115 Å². The van der Waals surface area contributed by atoms with Crippen molar-refractivity contribution in [1.29, 1.82) is 0 Å². The monoisotopic (exact) mass is 750 g/mol. The molecule has 0 radical (unpaired) electrons. The molecule has 296 valence electrons. The molecule has 10 heteroatoms. The van der Waals surface area contributed by atoms with Crippen molar-refractivity contribution in [3.05, 3.63) is 95.3 Å². The molecule has 0 spiro atoms. The van der Waals surface area contributed by atoms with Crippen molar-refractivity contribution in [1.82, 2.24) is 30.8 Å². The fraction of sp³-hybridized carbons (Fsp3) is 0.467. The number of nitrogens with zero attached hydrogens (tertiary/aromatic N) is 6. The van der Waals surface area contributed by atoms with Gasteiger partial charge in [0.05, 0.1) is 32.7 Å². The number of phenolic OH excluding ortho intramolecular Hbond substituents is 1. The van der Waals surface area contributed by atoms with Crippen LogP contribution in [-0.4, -0.2) is 56.3 Å². The molecule has 0 aliphatic carbocycles. The molecule has 1 N–H and O–H groups in total. The van der Waals surface area contributed by atoms with E-state index in [1.54, 1.807) is 25.6 Å². The topological polar surface area (TPSA) is 125 Å². The Morgan fingerprint density at radius 3 is 1.75 bits per heavy atom. The number of benzene rings is 3. The molecule has 0 amide bonds. The minimum atomic E-state index is 0.277. The lowest BCUT2D eigenvalue weighted by Crippen LogP contribution is -2.04. The lowest BCUT2D eigenvalue weighted by Gasteiger charge is -2.15. The van der Waals surface area contributed by atoms with Gasteiger partial charge in [0.2, 0.25) is 0 Å². The number of methoxy groups -OCH3 is 1. The zero-order chi connectivity index (χ0) is 39.7. The van der Waals surface area contributed by atoms with Crippen LogP contribution in [0.2, 0.25) is 0 Å². The molecule has 0 aliphatic heterocycles. The van der Waals surface area contributed by atoms with Gasteiger partial charge in [-0.2, -0.15) is 0 Å². The lowest BCUT2D eigenvalue weighted by atomic mass is 9.95. The second-order valence-corrected chi connectivity index (χ2v) is 13.1. The second kappa shape index (κ2) is 25.8. The van der Waals surface area contributed by atoms with Gasteiger partial charge < -0.3 is 19.3 Å². The van der Waals surface area contributed by atoms with E-state index >= 15 is 0 Å². The van der Waals surface area contributed by atoms with Gasteiger partial charge in [-0.05, 0) is 71.7 Å². The van der Waals surface area contributed by atoms with Crippen LogP contribution in [0.3, 0.4) is 0 Å². The quantitative estimate of drug-likeness (QED) is 0.0815. The average Bonchev–Trinajstić information content (AvgIpc) is 3.24. The summed E-state index contributed by atoms with van der Waals surface area (Å²) in [6.07, 6.45) is 16.6. The Kier molecular flexibility index (Phi) is 20.8. The van der Waals surface area contributed by atoms with Gasteiger partial charge in [-0.3, -0.25) is 0 Å². The summed E-state index contributed by atoms with van der Waals surface area (Å²) in [7, 11) is 1.59. The summed E-state index contributed by atoms with van der Waals surface area (Å²) in [4.78, 5) is 0. The standard InChI is InChI=1S/C19H27N3O.C16H26O2.C10H9N3O/c1-4-7-8-9-13-23-18-14-20-22-21-19(18)17-12-10-11-15(5-2)16(17)6-3;1-4-7-8-9-12-18-16-14(6-3)13(5-2)10-11-15(16)17;1-14-9-7-11-13-12-10(9)8-5-3-2-4-6-8/h10-12,14H,4-9,13H2,1-3H3;10-11,17H,4-9,12H2,1-3H3;2-7H,1H3. The molecule has 5 rings (SSSR count). The smallest absolute Gasteiger partial charge is 0.167 e. The van der Waals surface area contributed by atoms with Crippen LogP contribution in [-0.2, 0) is 25.7 Å². The van der Waals surface area contributed by atoms with E-state index in [1.807, 2.05) is 36.4 Å². The first kappa shape index (κ1) is 44.3. The zero-order valence-electron chi connectivity index (χ0n) is 34.2. The number of hydrogen-bond donors (Lipinski definition) is 1. The zero-order valence-corrected chi connectivity index (χ0v) is 34.2. The van der Waals surface area contributed by atoms with Crippen LogP contribution >= 0.6 is 0 Å². The molecule has 2 heterocycles. The highest BCUT2D eigenvalue weighted by molar-refractivity contribution is 5.70. The molecule has 0 aliphatic rings. The molecule has 3 aromatic carbocycles. The van der Waals surface area contributed by atoms with Crippen LogP contribution in [0.15, 0.2) is 73.1 Å². The second-order valence-electron chi connectivity index (χ2n) is 13.1. The Morgan fingerprint density at radius 1 is 0.545 bits per heavy atom. The number of phenols is 1. The van der Waals surface area contributed by atoms with Crippen molar-refractivity contribution in [3.63, 3.8) is 0 Å². The Labute approximate surface area is 329 Å². The Morgan fingerprint density at radius 2 is 1.15 bits per heavy atom. The highest BCUT2D eigenvalue weighted by atomic mass is 16.5. The van der Waals surface area contributed by atoms with Crippen molar-refractivity contribution in [2.75, 3.05) is 20.3 Å². The average molecular weight is 751 g/mol. The minimum absolute atomic E-state index is 0.277. The van der Waals surface area contributed by atoms with E-state index in [9.17, 15) is 5.11 Å². The van der Waals surface area contributed by atoms with Gasteiger partial charge in [0.1, 0.15) is 11.4 Å². The number of unbranched alkanes of at least 4 members (excludes halogenated alkanes) is 6. The number of hydrogen-bond acceptors (Lipinski definition) is 10. The van der Waals surface area contributed by atoms with E-state index in [0.717, 1.165) is 66.7 Å². The molecule has 55 heavy (non-hydrogen) atoms. The van der Waals surface area contributed by atoms with Gasteiger partial charge in [0.25, 0.3) is 0 Å². The summed E-state index contributed by atoms with van der Waals surface area (Å²) in [6, 6.07) is 19.9. The molecule has 5 aromatic rings. The summed E-state index contributed by atoms with van der Waals surface area (Å²) < 4.78 is 16.9. The number of aryl methyl sites for hydroxylation is 2. The van der Waals surface area contributed by atoms with E-state index in [-0.39, 0.29) is 5.75 Å². The molecule has 0 unspecified atom stereocenters. The van der Waals surface area contributed by atoms with Gasteiger partial charge in [0, 0.05) is 16.7 Å². The predicted octanol–water partition coefficient (Wildman–Crippen LogP) is 10.6. The van der Waals surface area contributed by atoms with E-state index in [4.69, 9.17) is 14.2 Å². The third kappa shape index (κ3) is 13.9. The van der Waals surface area contributed by atoms with E-state index < -0.39 is 0 Å². The first-order valence-corrected chi connectivity index (χ1v) is 20.1. The highest BCUT2D eigenvalue weighted by Gasteiger charge is 2.15. The third-order valence-corrected chi connectivity index (χ3v) is 9.31. The fourth-order valence-corrected chi connectivity index (χ4v) is 6.31. The summed E-state index contributed by atoms with van der Waals surface area (Å²) in [5, 5.41) is 33.1. The lowest BCUT2D eigenvalue weighted by molar-refractivity contribution is 0.286. The van der Waals surface area contributed by atoms with Gasteiger partial charge in [0.15, 0.2) is 23.0 Å². The molecule has 0 saturated carbocycles. The van der Waals surface area contributed by atoms with Crippen molar-refractivity contribution in [2.24, 2.45) is 0 Å².